The van der Waals surface area contributed by atoms with Gasteiger partial charge in [-0.1, -0.05) is 13.3 Å². The first kappa shape index (κ1) is 12.7. The molecule has 1 aromatic rings. The molecule has 1 aromatic heterocycles. The SMILES string of the molecule is CCCC(N)CCN(Cc1ccco1)C1CC1. The van der Waals surface area contributed by atoms with Crippen LogP contribution >= 0.6 is 0 Å². The average Bonchev–Trinajstić information content (AvgIpc) is 3.03. The van der Waals surface area contributed by atoms with E-state index in [0.717, 1.165) is 37.7 Å². The molecule has 17 heavy (non-hydrogen) atoms. The molecule has 3 nitrogen and oxygen atoms in total. The van der Waals surface area contributed by atoms with Crippen molar-refractivity contribution in [3.8, 4) is 0 Å². The van der Waals surface area contributed by atoms with Crippen LogP contribution in [0.15, 0.2) is 22.8 Å². The Hall–Kier alpha value is -0.800. The smallest absolute Gasteiger partial charge is 0.117 e. The van der Waals surface area contributed by atoms with Gasteiger partial charge in [-0.25, -0.2) is 0 Å². The second-order valence-corrected chi connectivity index (χ2v) is 5.12. The topological polar surface area (TPSA) is 42.4 Å². The summed E-state index contributed by atoms with van der Waals surface area (Å²) in [5.41, 5.74) is 6.08. The molecular formula is C14H24N2O. The highest BCUT2D eigenvalue weighted by molar-refractivity contribution is 4.99. The summed E-state index contributed by atoms with van der Waals surface area (Å²) in [6.45, 7) is 4.24. The van der Waals surface area contributed by atoms with Crippen molar-refractivity contribution >= 4 is 0 Å². The van der Waals surface area contributed by atoms with Crippen LogP contribution in [0.5, 0.6) is 0 Å². The van der Waals surface area contributed by atoms with Gasteiger partial charge in [0.1, 0.15) is 5.76 Å². The third kappa shape index (κ3) is 4.17. The zero-order valence-electron chi connectivity index (χ0n) is 10.8. The lowest BCUT2D eigenvalue weighted by molar-refractivity contribution is 0.224. The number of hydrogen-bond donors (Lipinski definition) is 1. The van der Waals surface area contributed by atoms with Gasteiger partial charge < -0.3 is 10.2 Å². The normalized spacial score (nSPS) is 17.6. The highest BCUT2D eigenvalue weighted by atomic mass is 16.3. The fourth-order valence-electron chi connectivity index (χ4n) is 2.28. The van der Waals surface area contributed by atoms with Gasteiger partial charge >= 0.3 is 0 Å². The fraction of sp³-hybridized carbons (Fsp3) is 0.714. The van der Waals surface area contributed by atoms with Crippen molar-refractivity contribution in [2.24, 2.45) is 5.73 Å². The van der Waals surface area contributed by atoms with Crippen LogP contribution in [-0.2, 0) is 6.54 Å². The molecule has 1 aliphatic carbocycles. The Balaban J connectivity index is 1.77. The fourth-order valence-corrected chi connectivity index (χ4v) is 2.28. The summed E-state index contributed by atoms with van der Waals surface area (Å²) in [7, 11) is 0. The van der Waals surface area contributed by atoms with E-state index in [9.17, 15) is 0 Å². The first-order chi connectivity index (χ1) is 8.29. The molecule has 0 aromatic carbocycles. The zero-order valence-corrected chi connectivity index (χ0v) is 10.8. The van der Waals surface area contributed by atoms with Gasteiger partial charge in [0.2, 0.25) is 0 Å². The minimum absolute atomic E-state index is 0.359. The van der Waals surface area contributed by atoms with E-state index in [0.29, 0.717) is 6.04 Å². The first-order valence-corrected chi connectivity index (χ1v) is 6.81. The molecule has 1 heterocycles. The molecular weight excluding hydrogens is 212 g/mol. The molecule has 0 radical (unpaired) electrons. The van der Waals surface area contributed by atoms with Crippen LogP contribution in [0.3, 0.4) is 0 Å². The molecule has 1 saturated carbocycles. The standard InChI is InChI=1S/C14H24N2O/c1-2-4-12(15)8-9-16(13-6-7-13)11-14-5-3-10-17-14/h3,5,10,12-13H,2,4,6-9,11,15H2,1H3. The Morgan fingerprint density at radius 2 is 2.29 bits per heavy atom. The second-order valence-electron chi connectivity index (χ2n) is 5.12. The van der Waals surface area contributed by atoms with Crippen molar-refractivity contribution in [1.82, 2.24) is 4.90 Å². The molecule has 2 rings (SSSR count). The van der Waals surface area contributed by atoms with Crippen LogP contribution in [0.25, 0.3) is 0 Å². The molecule has 1 unspecified atom stereocenters. The molecule has 0 saturated heterocycles. The Morgan fingerprint density at radius 1 is 1.47 bits per heavy atom. The molecule has 1 aliphatic rings. The predicted octanol–water partition coefficient (Wildman–Crippen LogP) is 2.76. The van der Waals surface area contributed by atoms with Crippen molar-refractivity contribution in [1.29, 1.82) is 0 Å². The maximum atomic E-state index is 6.08. The van der Waals surface area contributed by atoms with Crippen LogP contribution in [-0.4, -0.2) is 23.5 Å². The Kier molecular flexibility index (Phi) is 4.63. The largest absolute Gasteiger partial charge is 0.468 e. The van der Waals surface area contributed by atoms with E-state index in [1.165, 1.54) is 19.3 Å². The number of nitrogens with zero attached hydrogens (tertiary/aromatic N) is 1. The van der Waals surface area contributed by atoms with Crippen LogP contribution < -0.4 is 5.73 Å². The van der Waals surface area contributed by atoms with E-state index in [-0.39, 0.29) is 0 Å². The molecule has 3 heteroatoms. The minimum Gasteiger partial charge on any atom is -0.468 e. The van der Waals surface area contributed by atoms with Crippen LogP contribution in [0.2, 0.25) is 0 Å². The Bertz CT molecular complexity index is 306. The maximum absolute atomic E-state index is 6.08. The number of nitrogens with two attached hydrogens (primary N) is 1. The summed E-state index contributed by atoms with van der Waals surface area (Å²) >= 11 is 0. The number of hydrogen-bond acceptors (Lipinski definition) is 3. The van der Waals surface area contributed by atoms with E-state index < -0.39 is 0 Å². The lowest BCUT2D eigenvalue weighted by Gasteiger charge is -2.22. The summed E-state index contributed by atoms with van der Waals surface area (Å²) in [5.74, 6) is 1.07. The molecule has 1 fully saturated rings. The van der Waals surface area contributed by atoms with Gasteiger partial charge in [-0.2, -0.15) is 0 Å². The lowest BCUT2D eigenvalue weighted by atomic mass is 10.1. The van der Waals surface area contributed by atoms with Gasteiger partial charge in [-0.3, -0.25) is 4.90 Å². The molecule has 0 bridgehead atoms. The van der Waals surface area contributed by atoms with Crippen molar-refractivity contribution < 1.29 is 4.42 Å². The van der Waals surface area contributed by atoms with Crippen molar-refractivity contribution in [2.75, 3.05) is 6.54 Å². The number of furan rings is 1. The highest BCUT2D eigenvalue weighted by Crippen LogP contribution is 2.28. The van der Waals surface area contributed by atoms with Gasteiger partial charge in [0, 0.05) is 18.6 Å². The average molecular weight is 236 g/mol. The summed E-state index contributed by atoms with van der Waals surface area (Å²) in [5, 5.41) is 0. The van der Waals surface area contributed by atoms with Gasteiger partial charge in [0.05, 0.1) is 12.8 Å². The van der Waals surface area contributed by atoms with E-state index in [1.54, 1.807) is 6.26 Å². The molecule has 0 amide bonds. The van der Waals surface area contributed by atoms with Crippen molar-refractivity contribution in [2.45, 2.75) is 57.7 Å². The molecule has 0 aliphatic heterocycles. The van der Waals surface area contributed by atoms with Gasteiger partial charge in [0.15, 0.2) is 0 Å². The Morgan fingerprint density at radius 3 is 2.88 bits per heavy atom. The molecule has 1 atom stereocenters. The van der Waals surface area contributed by atoms with Gasteiger partial charge in [-0.05, 0) is 37.8 Å². The van der Waals surface area contributed by atoms with Gasteiger partial charge in [0.25, 0.3) is 0 Å². The van der Waals surface area contributed by atoms with Gasteiger partial charge in [-0.15, -0.1) is 0 Å². The van der Waals surface area contributed by atoms with Crippen molar-refractivity contribution in [3.63, 3.8) is 0 Å². The predicted molar refractivity (Wildman–Crippen MR) is 69.6 cm³/mol. The molecule has 2 N–H and O–H groups in total. The highest BCUT2D eigenvalue weighted by Gasteiger charge is 2.29. The van der Waals surface area contributed by atoms with Crippen LogP contribution in [0.1, 0.15) is 44.8 Å². The summed E-state index contributed by atoms with van der Waals surface area (Å²) in [6, 6.07) is 5.15. The monoisotopic (exact) mass is 236 g/mol. The minimum atomic E-state index is 0.359. The van der Waals surface area contributed by atoms with Crippen LogP contribution in [0, 0.1) is 0 Å². The van der Waals surface area contributed by atoms with Crippen LogP contribution in [0.4, 0.5) is 0 Å². The lowest BCUT2D eigenvalue weighted by Crippen LogP contribution is -2.31. The summed E-state index contributed by atoms with van der Waals surface area (Å²) < 4.78 is 5.42. The maximum Gasteiger partial charge on any atom is 0.117 e. The second kappa shape index (κ2) is 6.22. The summed E-state index contributed by atoms with van der Waals surface area (Å²) in [6.07, 6.45) is 7.85. The quantitative estimate of drug-likeness (QED) is 0.754. The van der Waals surface area contributed by atoms with Crippen molar-refractivity contribution in [3.05, 3.63) is 24.2 Å². The number of rotatable bonds is 8. The zero-order chi connectivity index (χ0) is 12.1. The third-order valence-electron chi connectivity index (χ3n) is 3.45. The Labute approximate surface area is 104 Å². The van der Waals surface area contributed by atoms with E-state index in [4.69, 9.17) is 10.2 Å². The third-order valence-corrected chi connectivity index (χ3v) is 3.45. The summed E-state index contributed by atoms with van der Waals surface area (Å²) in [4.78, 5) is 2.52. The molecule has 0 spiro atoms. The van der Waals surface area contributed by atoms with E-state index >= 15 is 0 Å². The first-order valence-electron chi connectivity index (χ1n) is 6.81. The van der Waals surface area contributed by atoms with E-state index in [1.807, 2.05) is 6.07 Å². The van der Waals surface area contributed by atoms with E-state index in [2.05, 4.69) is 17.9 Å². The molecule has 96 valence electrons.